The van der Waals surface area contributed by atoms with E-state index in [-0.39, 0.29) is 0 Å². The average molecular weight is 332 g/mol. The van der Waals surface area contributed by atoms with Gasteiger partial charge in [0.2, 0.25) is 0 Å². The molecule has 96 valence electrons. The van der Waals surface area contributed by atoms with E-state index in [0.717, 1.165) is 0 Å². The highest BCUT2D eigenvalue weighted by Crippen LogP contribution is 2.39. The van der Waals surface area contributed by atoms with Crippen molar-refractivity contribution in [1.82, 2.24) is 15.0 Å². The maximum atomic E-state index is 13.7. The van der Waals surface area contributed by atoms with Crippen molar-refractivity contribution in [2.24, 2.45) is 0 Å². The molecule has 0 aliphatic heterocycles. The molecular weight excluding hydrogens is 320 g/mol. The van der Waals surface area contributed by atoms with Gasteiger partial charge in [0.05, 0.1) is 19.0 Å². The number of halogens is 2. The first-order valence-corrected chi connectivity index (χ1v) is 8.84. The van der Waals surface area contributed by atoms with Gasteiger partial charge in [0.1, 0.15) is 11.5 Å². The number of hydrogen-bond donors (Lipinski definition) is 0. The van der Waals surface area contributed by atoms with Gasteiger partial charge in [-0.15, -0.1) is 5.10 Å². The molecule has 0 saturated carbocycles. The predicted octanol–water partition coefficient (Wildman–Crippen LogP) is 3.29. The first kappa shape index (κ1) is 13.4. The Kier molecular flexibility index (Phi) is 3.69. The highest BCUT2D eigenvalue weighted by Gasteiger charge is 2.13. The Morgan fingerprint density at radius 2 is 2.17 bits per heavy atom. The van der Waals surface area contributed by atoms with Crippen LogP contribution in [0.5, 0.6) is 0 Å². The topological polar surface area (TPSA) is 47.8 Å². The molecule has 0 spiro atoms. The summed E-state index contributed by atoms with van der Waals surface area (Å²) in [6.45, 7) is 3.37. The monoisotopic (exact) mass is 331 g/mol. The van der Waals surface area contributed by atoms with Gasteiger partial charge in [-0.2, -0.15) is 0 Å². The third kappa shape index (κ3) is 3.27. The lowest BCUT2D eigenvalue weighted by molar-refractivity contribution is 0.581. The van der Waals surface area contributed by atoms with Gasteiger partial charge in [0.25, 0.3) is 0 Å². The van der Waals surface area contributed by atoms with Gasteiger partial charge in [-0.25, -0.2) is 9.07 Å². The second-order valence-corrected chi connectivity index (χ2v) is 8.86. The smallest absolute Gasteiger partial charge is 0.150 e. The van der Waals surface area contributed by atoms with Crippen molar-refractivity contribution in [3.05, 3.63) is 40.4 Å². The summed E-state index contributed by atoms with van der Waals surface area (Å²) in [5, 5.41) is 7.76. The second kappa shape index (κ2) is 4.94. The first-order chi connectivity index (χ1) is 8.35. The van der Waals surface area contributed by atoms with Crippen LogP contribution >= 0.6 is 23.1 Å². The lowest BCUT2D eigenvalue weighted by atomic mass is 10.3. The van der Waals surface area contributed by atoms with Gasteiger partial charge in [-0.3, -0.25) is 0 Å². The fourth-order valence-corrected chi connectivity index (χ4v) is 2.80. The van der Waals surface area contributed by atoms with Crippen molar-refractivity contribution < 1.29 is 8.96 Å². The minimum absolute atomic E-state index is 0.319. The number of hydrogen-bond acceptors (Lipinski definition) is 3. The van der Waals surface area contributed by atoms with Crippen LogP contribution in [0.3, 0.4) is 0 Å². The molecule has 0 radical (unpaired) electrons. The van der Waals surface area contributed by atoms with Gasteiger partial charge in [0.15, 0.2) is 0 Å². The van der Waals surface area contributed by atoms with E-state index in [1.807, 2.05) is 0 Å². The SMILES string of the molecule is CP(C)(=O)Cc1cn(-c2ccc(Br)cc2F)nn1. The molecular formula is C11H12BrFN3OP. The molecule has 0 N–H and O–H groups in total. The summed E-state index contributed by atoms with van der Waals surface area (Å²) in [5.41, 5.74) is 0.921. The summed E-state index contributed by atoms with van der Waals surface area (Å²) in [6.07, 6.45) is 1.97. The Morgan fingerprint density at radius 3 is 2.78 bits per heavy atom. The molecule has 0 fully saturated rings. The molecule has 0 unspecified atom stereocenters. The quantitative estimate of drug-likeness (QED) is 0.811. The fourth-order valence-electron chi connectivity index (χ4n) is 1.55. The summed E-state index contributed by atoms with van der Waals surface area (Å²) < 4.78 is 27.4. The molecule has 1 heterocycles. The van der Waals surface area contributed by atoms with Gasteiger partial charge in [-0.05, 0) is 31.5 Å². The van der Waals surface area contributed by atoms with Gasteiger partial charge < -0.3 is 4.57 Å². The zero-order valence-corrected chi connectivity index (χ0v) is 12.4. The van der Waals surface area contributed by atoms with Crippen LogP contribution in [0.1, 0.15) is 5.69 Å². The lowest BCUT2D eigenvalue weighted by Crippen LogP contribution is -1.98. The molecule has 2 aromatic rings. The summed E-state index contributed by atoms with van der Waals surface area (Å²) in [4.78, 5) is 0. The third-order valence-corrected chi connectivity index (χ3v) is 3.82. The fraction of sp³-hybridized carbons (Fsp3) is 0.273. The number of nitrogens with zero attached hydrogens (tertiary/aromatic N) is 3. The molecule has 0 aliphatic carbocycles. The van der Waals surface area contributed by atoms with Crippen molar-refractivity contribution in [2.45, 2.75) is 6.16 Å². The van der Waals surface area contributed by atoms with Crippen molar-refractivity contribution in [3.63, 3.8) is 0 Å². The van der Waals surface area contributed by atoms with Crippen LogP contribution in [0.25, 0.3) is 5.69 Å². The Morgan fingerprint density at radius 1 is 1.44 bits per heavy atom. The maximum absolute atomic E-state index is 13.7. The zero-order valence-electron chi connectivity index (χ0n) is 9.97. The Bertz CT molecular complexity index is 623. The van der Waals surface area contributed by atoms with E-state index in [1.54, 1.807) is 31.7 Å². The van der Waals surface area contributed by atoms with Crippen LogP contribution < -0.4 is 0 Å². The minimum Gasteiger partial charge on any atom is -0.324 e. The molecule has 1 aromatic heterocycles. The van der Waals surface area contributed by atoms with Crippen molar-refractivity contribution in [2.75, 3.05) is 13.3 Å². The van der Waals surface area contributed by atoms with Crippen LogP contribution in [-0.2, 0) is 10.7 Å². The van der Waals surface area contributed by atoms with Crippen LogP contribution in [0.4, 0.5) is 4.39 Å². The Balaban J connectivity index is 2.32. The van der Waals surface area contributed by atoms with Crippen molar-refractivity contribution in [1.29, 1.82) is 0 Å². The molecule has 2 rings (SSSR count). The molecule has 0 saturated heterocycles. The molecule has 0 amide bonds. The van der Waals surface area contributed by atoms with E-state index in [1.165, 1.54) is 10.7 Å². The summed E-state index contributed by atoms with van der Waals surface area (Å²) >= 11 is 3.19. The highest BCUT2D eigenvalue weighted by molar-refractivity contribution is 9.10. The van der Waals surface area contributed by atoms with E-state index < -0.39 is 13.0 Å². The first-order valence-electron chi connectivity index (χ1n) is 5.26. The summed E-state index contributed by atoms with van der Waals surface area (Å²) in [6, 6.07) is 4.70. The maximum Gasteiger partial charge on any atom is 0.150 e. The van der Waals surface area contributed by atoms with E-state index in [4.69, 9.17) is 0 Å². The predicted molar refractivity (Wildman–Crippen MR) is 72.2 cm³/mol. The lowest BCUT2D eigenvalue weighted by Gasteiger charge is -2.03. The molecule has 1 aromatic carbocycles. The number of benzene rings is 1. The van der Waals surface area contributed by atoms with Crippen LogP contribution in [0.2, 0.25) is 0 Å². The molecule has 4 nitrogen and oxygen atoms in total. The van der Waals surface area contributed by atoms with Gasteiger partial charge >= 0.3 is 0 Å². The molecule has 0 bridgehead atoms. The standard InChI is InChI=1S/C11H12BrFN3OP/c1-18(2,17)7-9-6-16(15-14-9)11-4-3-8(12)5-10(11)13/h3-6H,7H2,1-2H3. The minimum atomic E-state index is -2.20. The molecule has 7 heteroatoms. The average Bonchev–Trinajstić information content (AvgIpc) is 2.63. The Hall–Kier alpha value is -1.00. The third-order valence-electron chi connectivity index (χ3n) is 2.24. The Labute approximate surface area is 113 Å². The van der Waals surface area contributed by atoms with E-state index in [2.05, 4.69) is 26.2 Å². The van der Waals surface area contributed by atoms with Crippen molar-refractivity contribution in [3.8, 4) is 5.69 Å². The van der Waals surface area contributed by atoms with E-state index >= 15 is 0 Å². The van der Waals surface area contributed by atoms with Crippen LogP contribution in [-0.4, -0.2) is 28.3 Å². The molecule has 0 aliphatic rings. The molecule has 18 heavy (non-hydrogen) atoms. The van der Waals surface area contributed by atoms with Crippen LogP contribution in [0.15, 0.2) is 28.9 Å². The van der Waals surface area contributed by atoms with Crippen molar-refractivity contribution >= 4 is 23.1 Å². The largest absolute Gasteiger partial charge is 0.324 e. The second-order valence-electron chi connectivity index (χ2n) is 4.48. The van der Waals surface area contributed by atoms with Gasteiger partial charge in [-0.1, -0.05) is 21.1 Å². The van der Waals surface area contributed by atoms with E-state index in [0.29, 0.717) is 22.0 Å². The normalized spacial score (nSPS) is 11.8. The highest BCUT2D eigenvalue weighted by atomic mass is 79.9. The number of rotatable bonds is 3. The summed E-state index contributed by atoms with van der Waals surface area (Å²) in [7, 11) is -2.20. The number of aromatic nitrogens is 3. The zero-order chi connectivity index (χ0) is 13.3. The van der Waals surface area contributed by atoms with Gasteiger partial charge in [0, 0.05) is 10.6 Å². The molecule has 0 atom stereocenters. The van der Waals surface area contributed by atoms with Crippen LogP contribution in [0, 0.1) is 5.82 Å². The van der Waals surface area contributed by atoms with E-state index in [9.17, 15) is 8.96 Å². The summed E-state index contributed by atoms with van der Waals surface area (Å²) in [5.74, 6) is -0.392.